The largest absolute Gasteiger partial charge is 0.335 e. The Kier molecular flexibility index (Phi) is 5.87. The third-order valence-electron chi connectivity index (χ3n) is 6.00. The molecule has 2 aliphatic rings. The molecule has 0 radical (unpaired) electrons. The smallest absolute Gasteiger partial charge is 0.315 e. The average molecular weight is 380 g/mol. The molecule has 0 heterocycles. The van der Waals surface area contributed by atoms with Crippen LogP contribution in [0, 0.1) is 5.41 Å². The van der Waals surface area contributed by atoms with Gasteiger partial charge >= 0.3 is 6.03 Å². The minimum absolute atomic E-state index is 0.0737. The highest BCUT2D eigenvalue weighted by atomic mass is 32.2. The predicted octanol–water partition coefficient (Wildman–Crippen LogP) is 3.03. The third-order valence-corrected chi connectivity index (χ3v) is 6.93. The molecular weight excluding hydrogens is 350 g/mol. The fourth-order valence-electron chi connectivity index (χ4n) is 4.39. The number of carbonyl (C=O) groups is 1. The van der Waals surface area contributed by atoms with Crippen LogP contribution in [0.1, 0.15) is 63.4 Å². The fourth-order valence-corrected chi connectivity index (χ4v) is 4.91. The number of amides is 2. The van der Waals surface area contributed by atoms with E-state index in [1.54, 1.807) is 12.1 Å². The number of primary sulfonamides is 1. The molecule has 2 saturated carbocycles. The normalized spacial score (nSPS) is 20.7. The summed E-state index contributed by atoms with van der Waals surface area (Å²) in [6, 6.07) is 6.32. The van der Waals surface area contributed by atoms with E-state index in [1.807, 2.05) is 0 Å². The first-order chi connectivity index (χ1) is 12.4. The summed E-state index contributed by atoms with van der Waals surface area (Å²) in [5, 5.41) is 11.0. The topological polar surface area (TPSA) is 101 Å². The number of sulfonamides is 1. The van der Waals surface area contributed by atoms with Crippen molar-refractivity contribution in [2.24, 2.45) is 10.6 Å². The van der Waals surface area contributed by atoms with Crippen molar-refractivity contribution in [2.75, 3.05) is 0 Å². The minimum Gasteiger partial charge on any atom is -0.335 e. The Morgan fingerprint density at radius 1 is 1.04 bits per heavy atom. The average Bonchev–Trinajstić information content (AvgIpc) is 2.63. The van der Waals surface area contributed by atoms with Gasteiger partial charge in [-0.1, -0.05) is 31.4 Å². The van der Waals surface area contributed by atoms with E-state index in [2.05, 4.69) is 10.6 Å². The van der Waals surface area contributed by atoms with Gasteiger partial charge in [-0.3, -0.25) is 0 Å². The zero-order valence-electron chi connectivity index (χ0n) is 15.2. The molecule has 0 atom stereocenters. The van der Waals surface area contributed by atoms with Crippen molar-refractivity contribution in [2.45, 2.75) is 75.3 Å². The standard InChI is InChI=1S/C19H29N3O3S/c20-26(24,25)17-6-4-15(5-7-17)14-21-18(23)22-16-8-12-19(13-9-16)10-2-1-3-11-19/h4-7,16H,1-3,8-14H2,(H2,20,24,25)(H2,21,22,23). The summed E-state index contributed by atoms with van der Waals surface area (Å²) in [6.45, 7) is 0.355. The van der Waals surface area contributed by atoms with E-state index >= 15 is 0 Å². The van der Waals surface area contributed by atoms with Crippen LogP contribution in [0.15, 0.2) is 29.2 Å². The van der Waals surface area contributed by atoms with Crippen molar-refractivity contribution in [3.05, 3.63) is 29.8 Å². The lowest BCUT2D eigenvalue weighted by Gasteiger charge is -2.43. The first-order valence-corrected chi connectivity index (χ1v) is 11.1. The summed E-state index contributed by atoms with van der Waals surface area (Å²) >= 11 is 0. The summed E-state index contributed by atoms with van der Waals surface area (Å²) in [5.74, 6) is 0. The van der Waals surface area contributed by atoms with Gasteiger partial charge in [-0.05, 0) is 61.6 Å². The molecule has 0 aromatic heterocycles. The number of rotatable bonds is 4. The number of urea groups is 1. The van der Waals surface area contributed by atoms with E-state index < -0.39 is 10.0 Å². The van der Waals surface area contributed by atoms with Gasteiger partial charge in [0, 0.05) is 12.6 Å². The van der Waals surface area contributed by atoms with Gasteiger partial charge in [0.2, 0.25) is 10.0 Å². The summed E-state index contributed by atoms with van der Waals surface area (Å²) in [5.41, 5.74) is 1.38. The fraction of sp³-hybridized carbons (Fsp3) is 0.632. The van der Waals surface area contributed by atoms with Crippen LogP contribution in [0.4, 0.5) is 4.79 Å². The molecule has 4 N–H and O–H groups in total. The molecule has 1 aromatic rings. The van der Waals surface area contributed by atoms with Gasteiger partial charge in [-0.15, -0.1) is 0 Å². The highest BCUT2D eigenvalue weighted by Crippen LogP contribution is 2.47. The maximum absolute atomic E-state index is 12.1. The van der Waals surface area contributed by atoms with Crippen LogP contribution in [-0.4, -0.2) is 20.5 Å². The first-order valence-electron chi connectivity index (χ1n) is 9.53. The number of nitrogens with two attached hydrogens (primary N) is 1. The maximum Gasteiger partial charge on any atom is 0.315 e. The SMILES string of the molecule is NS(=O)(=O)c1ccc(CNC(=O)NC2CCC3(CCCCC3)CC2)cc1. The molecule has 1 aromatic carbocycles. The van der Waals surface area contributed by atoms with Crippen LogP contribution in [0.25, 0.3) is 0 Å². The minimum atomic E-state index is -3.68. The lowest BCUT2D eigenvalue weighted by atomic mass is 9.64. The number of hydrogen-bond acceptors (Lipinski definition) is 3. The van der Waals surface area contributed by atoms with Crippen molar-refractivity contribution in [3.8, 4) is 0 Å². The second-order valence-corrected chi connectivity index (χ2v) is 9.41. The van der Waals surface area contributed by atoms with Crippen molar-refractivity contribution >= 4 is 16.1 Å². The molecule has 0 bridgehead atoms. The van der Waals surface area contributed by atoms with Crippen LogP contribution in [0.3, 0.4) is 0 Å². The van der Waals surface area contributed by atoms with Crippen LogP contribution in [-0.2, 0) is 16.6 Å². The molecule has 2 fully saturated rings. The molecule has 6 nitrogen and oxygen atoms in total. The molecule has 0 aliphatic heterocycles. The monoisotopic (exact) mass is 379 g/mol. The molecule has 2 amide bonds. The van der Waals surface area contributed by atoms with Gasteiger partial charge in [0.25, 0.3) is 0 Å². The van der Waals surface area contributed by atoms with Gasteiger partial charge in [0.05, 0.1) is 4.90 Å². The molecule has 26 heavy (non-hydrogen) atoms. The summed E-state index contributed by atoms with van der Waals surface area (Å²) in [6.07, 6.45) is 11.4. The van der Waals surface area contributed by atoms with E-state index in [0.717, 1.165) is 18.4 Å². The Balaban J connectivity index is 1.42. The zero-order chi connectivity index (χ0) is 18.6. The molecule has 3 rings (SSSR count). The van der Waals surface area contributed by atoms with Crippen molar-refractivity contribution < 1.29 is 13.2 Å². The maximum atomic E-state index is 12.1. The Labute approximate surface area is 156 Å². The molecule has 2 aliphatic carbocycles. The number of hydrogen-bond donors (Lipinski definition) is 3. The quantitative estimate of drug-likeness (QED) is 0.749. The van der Waals surface area contributed by atoms with Crippen LogP contribution >= 0.6 is 0 Å². The van der Waals surface area contributed by atoms with Crippen LogP contribution in [0.5, 0.6) is 0 Å². The molecular formula is C19H29N3O3S. The Morgan fingerprint density at radius 2 is 1.65 bits per heavy atom. The van der Waals surface area contributed by atoms with E-state index in [1.165, 1.54) is 57.1 Å². The lowest BCUT2D eigenvalue weighted by Crippen LogP contribution is -2.45. The van der Waals surface area contributed by atoms with Crippen LogP contribution < -0.4 is 15.8 Å². The van der Waals surface area contributed by atoms with Crippen molar-refractivity contribution in [3.63, 3.8) is 0 Å². The van der Waals surface area contributed by atoms with Gasteiger partial charge in [-0.25, -0.2) is 18.4 Å². The van der Waals surface area contributed by atoms with Gasteiger partial charge in [0.1, 0.15) is 0 Å². The number of benzene rings is 1. The van der Waals surface area contributed by atoms with Gasteiger partial charge in [0.15, 0.2) is 0 Å². The van der Waals surface area contributed by atoms with E-state index in [4.69, 9.17) is 5.14 Å². The molecule has 0 saturated heterocycles. The van der Waals surface area contributed by atoms with Crippen LogP contribution in [0.2, 0.25) is 0 Å². The summed E-state index contributed by atoms with van der Waals surface area (Å²) in [4.78, 5) is 12.2. The highest BCUT2D eigenvalue weighted by molar-refractivity contribution is 7.89. The molecule has 144 valence electrons. The first kappa shape index (κ1) is 19.2. The molecule has 7 heteroatoms. The second kappa shape index (κ2) is 7.96. The van der Waals surface area contributed by atoms with Gasteiger partial charge in [-0.2, -0.15) is 0 Å². The number of nitrogens with one attached hydrogen (secondary N) is 2. The summed E-state index contributed by atoms with van der Waals surface area (Å²) < 4.78 is 22.5. The van der Waals surface area contributed by atoms with Crippen molar-refractivity contribution in [1.82, 2.24) is 10.6 Å². The van der Waals surface area contributed by atoms with E-state index in [9.17, 15) is 13.2 Å². The highest BCUT2D eigenvalue weighted by Gasteiger charge is 2.36. The summed E-state index contributed by atoms with van der Waals surface area (Å²) in [7, 11) is -3.68. The Bertz CT molecular complexity index is 715. The van der Waals surface area contributed by atoms with E-state index in [-0.39, 0.29) is 17.0 Å². The van der Waals surface area contributed by atoms with E-state index in [0.29, 0.717) is 12.0 Å². The van der Waals surface area contributed by atoms with Gasteiger partial charge < -0.3 is 10.6 Å². The Morgan fingerprint density at radius 3 is 2.23 bits per heavy atom. The number of carbonyl (C=O) groups excluding carboxylic acids is 1. The zero-order valence-corrected chi connectivity index (χ0v) is 16.0. The lowest BCUT2D eigenvalue weighted by molar-refractivity contribution is 0.108. The second-order valence-electron chi connectivity index (χ2n) is 7.85. The molecule has 0 unspecified atom stereocenters. The Hall–Kier alpha value is -1.60. The third kappa shape index (κ3) is 4.98. The molecule has 1 spiro atoms. The predicted molar refractivity (Wildman–Crippen MR) is 101 cm³/mol. The van der Waals surface area contributed by atoms with Crippen molar-refractivity contribution in [1.29, 1.82) is 0 Å².